The number of nitrogens with one attached hydrogen (secondary N) is 1. The zero-order chi connectivity index (χ0) is 13.4. The van der Waals surface area contributed by atoms with Gasteiger partial charge in [0.05, 0.1) is 11.2 Å². The lowest BCUT2D eigenvalue weighted by atomic mass is 9.81. The van der Waals surface area contributed by atoms with Gasteiger partial charge in [0.15, 0.2) is 0 Å². The number of hydrogen-bond donors (Lipinski definition) is 1. The molecule has 3 nitrogen and oxygen atoms in total. The van der Waals surface area contributed by atoms with Crippen LogP contribution in [0.3, 0.4) is 0 Å². The van der Waals surface area contributed by atoms with Gasteiger partial charge in [0.25, 0.3) is 0 Å². The van der Waals surface area contributed by atoms with Crippen LogP contribution in [0.4, 0.5) is 0 Å². The predicted molar refractivity (Wildman–Crippen MR) is 75.9 cm³/mol. The number of ether oxygens (including phenoxy) is 1. The number of rotatable bonds is 2. The third kappa shape index (κ3) is 3.69. The fraction of sp³-hybridized carbons (Fsp3) is 1.00. The molecule has 3 heteroatoms. The lowest BCUT2D eigenvalue weighted by Crippen LogP contribution is -2.59. The van der Waals surface area contributed by atoms with Crippen LogP contribution in [0.1, 0.15) is 47.5 Å². The van der Waals surface area contributed by atoms with Crippen molar-refractivity contribution in [3.63, 3.8) is 0 Å². The Morgan fingerprint density at radius 2 is 1.67 bits per heavy atom. The summed E-state index contributed by atoms with van der Waals surface area (Å²) in [5.41, 5.74) is 0.377. The van der Waals surface area contributed by atoms with Gasteiger partial charge in [-0.1, -0.05) is 6.92 Å². The molecule has 0 aliphatic carbocycles. The van der Waals surface area contributed by atoms with E-state index in [1.165, 1.54) is 25.9 Å². The zero-order valence-corrected chi connectivity index (χ0v) is 12.8. The Hall–Kier alpha value is -0.120. The van der Waals surface area contributed by atoms with Gasteiger partial charge in [0.2, 0.25) is 0 Å². The molecule has 106 valence electrons. The van der Waals surface area contributed by atoms with Crippen molar-refractivity contribution in [3.8, 4) is 0 Å². The van der Waals surface area contributed by atoms with Crippen molar-refractivity contribution in [2.75, 3.05) is 32.7 Å². The Labute approximate surface area is 112 Å². The van der Waals surface area contributed by atoms with Crippen molar-refractivity contribution >= 4 is 0 Å². The molecule has 0 amide bonds. The van der Waals surface area contributed by atoms with E-state index in [0.29, 0.717) is 5.41 Å². The Morgan fingerprint density at radius 1 is 1.06 bits per heavy atom. The lowest BCUT2D eigenvalue weighted by Gasteiger charge is -2.50. The molecule has 2 fully saturated rings. The highest BCUT2D eigenvalue weighted by molar-refractivity contribution is 4.93. The predicted octanol–water partition coefficient (Wildman–Crippen LogP) is 2.27. The van der Waals surface area contributed by atoms with Crippen molar-refractivity contribution in [1.29, 1.82) is 0 Å². The molecule has 1 N–H and O–H groups in total. The minimum Gasteiger partial charge on any atom is -0.367 e. The first kappa shape index (κ1) is 14.3. The molecule has 2 aliphatic heterocycles. The smallest absolute Gasteiger partial charge is 0.0760 e. The maximum absolute atomic E-state index is 6.16. The van der Waals surface area contributed by atoms with Crippen LogP contribution in [0, 0.1) is 5.41 Å². The topological polar surface area (TPSA) is 24.5 Å². The molecule has 0 saturated carbocycles. The van der Waals surface area contributed by atoms with Crippen molar-refractivity contribution in [2.45, 2.75) is 58.7 Å². The first-order chi connectivity index (χ1) is 8.20. The first-order valence-electron chi connectivity index (χ1n) is 7.33. The maximum Gasteiger partial charge on any atom is 0.0760 e. The van der Waals surface area contributed by atoms with Crippen molar-refractivity contribution in [1.82, 2.24) is 10.2 Å². The Morgan fingerprint density at radius 3 is 2.17 bits per heavy atom. The fourth-order valence-corrected chi connectivity index (χ4v) is 3.85. The zero-order valence-electron chi connectivity index (χ0n) is 12.8. The number of morpholine rings is 1. The van der Waals surface area contributed by atoms with Gasteiger partial charge in [-0.2, -0.15) is 0 Å². The summed E-state index contributed by atoms with van der Waals surface area (Å²) in [7, 11) is 0. The Kier molecular flexibility index (Phi) is 3.79. The molecule has 2 saturated heterocycles. The summed E-state index contributed by atoms with van der Waals surface area (Å²) in [5.74, 6) is 0. The van der Waals surface area contributed by atoms with E-state index in [9.17, 15) is 0 Å². The van der Waals surface area contributed by atoms with E-state index in [1.54, 1.807) is 0 Å². The van der Waals surface area contributed by atoms with Crippen LogP contribution in [-0.4, -0.2) is 48.8 Å². The lowest BCUT2D eigenvalue weighted by molar-refractivity contribution is -0.184. The van der Waals surface area contributed by atoms with Gasteiger partial charge in [0.1, 0.15) is 0 Å². The number of nitrogens with zero attached hydrogens (tertiary/aromatic N) is 1. The van der Waals surface area contributed by atoms with E-state index in [4.69, 9.17) is 4.74 Å². The molecule has 0 bridgehead atoms. The summed E-state index contributed by atoms with van der Waals surface area (Å²) < 4.78 is 6.16. The van der Waals surface area contributed by atoms with Gasteiger partial charge in [-0.25, -0.2) is 0 Å². The van der Waals surface area contributed by atoms with Crippen LogP contribution in [0.2, 0.25) is 0 Å². The van der Waals surface area contributed by atoms with E-state index >= 15 is 0 Å². The summed E-state index contributed by atoms with van der Waals surface area (Å²) in [6, 6.07) is 0. The average molecular weight is 254 g/mol. The van der Waals surface area contributed by atoms with E-state index in [0.717, 1.165) is 19.6 Å². The van der Waals surface area contributed by atoms with Crippen molar-refractivity contribution in [2.24, 2.45) is 5.41 Å². The fourth-order valence-electron chi connectivity index (χ4n) is 3.85. The number of hydrogen-bond acceptors (Lipinski definition) is 3. The van der Waals surface area contributed by atoms with Crippen LogP contribution in [0.5, 0.6) is 0 Å². The van der Waals surface area contributed by atoms with E-state index in [1.807, 2.05) is 0 Å². The largest absolute Gasteiger partial charge is 0.367 e. The summed E-state index contributed by atoms with van der Waals surface area (Å²) in [6.45, 7) is 16.9. The second kappa shape index (κ2) is 4.77. The summed E-state index contributed by atoms with van der Waals surface area (Å²) in [6.07, 6.45) is 2.66. The van der Waals surface area contributed by atoms with Crippen LogP contribution < -0.4 is 5.32 Å². The normalized spacial score (nSPS) is 36.5. The van der Waals surface area contributed by atoms with Gasteiger partial charge in [-0.05, 0) is 52.5 Å². The maximum atomic E-state index is 6.16. The molecule has 1 unspecified atom stereocenters. The summed E-state index contributed by atoms with van der Waals surface area (Å²) in [4.78, 5) is 2.61. The van der Waals surface area contributed by atoms with Crippen LogP contribution in [0.25, 0.3) is 0 Å². The highest BCUT2D eigenvalue weighted by Gasteiger charge is 2.40. The molecular weight excluding hydrogens is 224 g/mol. The number of piperidine rings is 1. The first-order valence-corrected chi connectivity index (χ1v) is 7.33. The molecular formula is C15H30N2O. The summed E-state index contributed by atoms with van der Waals surface area (Å²) in [5, 5.41) is 3.55. The summed E-state index contributed by atoms with van der Waals surface area (Å²) >= 11 is 0. The van der Waals surface area contributed by atoms with Gasteiger partial charge >= 0.3 is 0 Å². The molecule has 0 aromatic carbocycles. The van der Waals surface area contributed by atoms with Crippen LogP contribution in [0.15, 0.2) is 0 Å². The minimum atomic E-state index is -0.0276. The highest BCUT2D eigenvalue weighted by Crippen LogP contribution is 2.32. The average Bonchev–Trinajstić information content (AvgIpc) is 2.11. The highest BCUT2D eigenvalue weighted by atomic mass is 16.5. The van der Waals surface area contributed by atoms with Gasteiger partial charge in [0, 0.05) is 26.2 Å². The second-order valence-electron chi connectivity index (χ2n) is 7.86. The van der Waals surface area contributed by atoms with Crippen LogP contribution in [-0.2, 0) is 4.74 Å². The van der Waals surface area contributed by atoms with Gasteiger partial charge in [-0.15, -0.1) is 0 Å². The van der Waals surface area contributed by atoms with Gasteiger partial charge < -0.3 is 10.1 Å². The van der Waals surface area contributed by atoms with E-state index in [2.05, 4.69) is 44.8 Å². The molecule has 0 aromatic heterocycles. The SMILES string of the molecule is CC1(CN2CC(C)(C)OC(C)(C)C2)CCCNC1. The standard InChI is InChI=1S/C15H30N2O/c1-13(2)10-17(11-14(3,4)18-13)12-15(5)7-6-8-16-9-15/h16H,6-12H2,1-5H3. The molecule has 2 rings (SSSR count). The van der Waals surface area contributed by atoms with Crippen molar-refractivity contribution in [3.05, 3.63) is 0 Å². The molecule has 2 aliphatic rings. The van der Waals surface area contributed by atoms with Crippen LogP contribution >= 0.6 is 0 Å². The molecule has 1 atom stereocenters. The van der Waals surface area contributed by atoms with E-state index in [-0.39, 0.29) is 11.2 Å². The Bertz CT molecular complexity index is 277. The minimum absolute atomic E-state index is 0.0276. The third-order valence-corrected chi connectivity index (χ3v) is 4.05. The quantitative estimate of drug-likeness (QED) is 0.818. The molecule has 0 aromatic rings. The molecule has 2 heterocycles. The van der Waals surface area contributed by atoms with Gasteiger partial charge in [-0.3, -0.25) is 4.90 Å². The second-order valence-corrected chi connectivity index (χ2v) is 7.86. The third-order valence-electron chi connectivity index (χ3n) is 4.05. The Balaban J connectivity index is 2.00. The molecule has 18 heavy (non-hydrogen) atoms. The van der Waals surface area contributed by atoms with Crippen molar-refractivity contribution < 1.29 is 4.74 Å². The molecule has 0 spiro atoms. The molecule has 0 radical (unpaired) electrons. The monoisotopic (exact) mass is 254 g/mol. The van der Waals surface area contributed by atoms with E-state index < -0.39 is 0 Å².